The maximum absolute atomic E-state index is 11.6. The molecule has 4 N–H and O–H groups in total. The Balaban J connectivity index is 2.37. The van der Waals surface area contributed by atoms with E-state index in [2.05, 4.69) is 15.6 Å². The number of hydrogen-bond donors (Lipinski definition) is 3. The molecule has 0 fully saturated rings. The van der Waals surface area contributed by atoms with Gasteiger partial charge in [-0.1, -0.05) is 13.8 Å². The third-order valence-corrected chi connectivity index (χ3v) is 2.14. The van der Waals surface area contributed by atoms with E-state index in [1.165, 1.54) is 12.3 Å². The van der Waals surface area contributed by atoms with Crippen molar-refractivity contribution in [1.82, 2.24) is 15.6 Å². The van der Waals surface area contributed by atoms with Crippen molar-refractivity contribution in [2.75, 3.05) is 18.8 Å². The van der Waals surface area contributed by atoms with Crippen molar-refractivity contribution >= 4 is 17.5 Å². The highest BCUT2D eigenvalue weighted by Crippen LogP contribution is 2.00. The summed E-state index contributed by atoms with van der Waals surface area (Å²) in [7, 11) is 0. The molecular formula is C12H18N4O2. The lowest BCUT2D eigenvalue weighted by atomic mass is 10.2. The van der Waals surface area contributed by atoms with Gasteiger partial charge >= 0.3 is 0 Å². The standard InChI is InChI=1S/C12H18N4O2/c1-8(2)5-15-11(17)7-16-12(18)10-4-3-9(13)6-14-10/h3-4,6,8H,5,7,13H2,1-2H3,(H,15,17)(H,16,18). The van der Waals surface area contributed by atoms with Crippen molar-refractivity contribution in [2.45, 2.75) is 13.8 Å². The third kappa shape index (κ3) is 4.82. The normalized spacial score (nSPS) is 10.2. The van der Waals surface area contributed by atoms with Gasteiger partial charge in [-0.15, -0.1) is 0 Å². The predicted octanol–water partition coefficient (Wildman–Crippen LogP) is 0.166. The summed E-state index contributed by atoms with van der Waals surface area (Å²) in [5.41, 5.74) is 6.18. The number of nitrogens with two attached hydrogens (primary N) is 1. The van der Waals surface area contributed by atoms with Crippen molar-refractivity contribution in [1.29, 1.82) is 0 Å². The molecule has 0 unspecified atom stereocenters. The van der Waals surface area contributed by atoms with E-state index in [4.69, 9.17) is 5.73 Å². The summed E-state index contributed by atoms with van der Waals surface area (Å²) in [6, 6.07) is 3.09. The van der Waals surface area contributed by atoms with E-state index in [0.717, 1.165) is 0 Å². The highest BCUT2D eigenvalue weighted by atomic mass is 16.2. The number of amides is 2. The summed E-state index contributed by atoms with van der Waals surface area (Å²) in [4.78, 5) is 26.8. The van der Waals surface area contributed by atoms with Crippen molar-refractivity contribution in [3.8, 4) is 0 Å². The average Bonchev–Trinajstić information content (AvgIpc) is 2.34. The van der Waals surface area contributed by atoms with Crippen LogP contribution < -0.4 is 16.4 Å². The van der Waals surface area contributed by atoms with E-state index in [9.17, 15) is 9.59 Å². The number of hydrogen-bond acceptors (Lipinski definition) is 4. The molecule has 0 spiro atoms. The summed E-state index contributed by atoms with van der Waals surface area (Å²) < 4.78 is 0. The number of pyridine rings is 1. The quantitative estimate of drug-likeness (QED) is 0.693. The number of nitrogen functional groups attached to an aromatic ring is 1. The van der Waals surface area contributed by atoms with Gasteiger partial charge in [0.2, 0.25) is 5.91 Å². The fraction of sp³-hybridized carbons (Fsp3) is 0.417. The first-order valence-electron chi connectivity index (χ1n) is 5.75. The number of nitrogens with zero attached hydrogens (tertiary/aromatic N) is 1. The minimum atomic E-state index is -0.394. The molecule has 0 aliphatic rings. The van der Waals surface area contributed by atoms with E-state index < -0.39 is 5.91 Å². The highest BCUT2D eigenvalue weighted by Gasteiger charge is 2.08. The lowest BCUT2D eigenvalue weighted by Gasteiger charge is -2.08. The monoisotopic (exact) mass is 250 g/mol. The molecule has 1 aromatic heterocycles. The van der Waals surface area contributed by atoms with Gasteiger partial charge in [-0.2, -0.15) is 0 Å². The van der Waals surface area contributed by atoms with Gasteiger partial charge in [-0.3, -0.25) is 9.59 Å². The molecule has 0 bridgehead atoms. The minimum Gasteiger partial charge on any atom is -0.397 e. The van der Waals surface area contributed by atoms with E-state index in [1.807, 2.05) is 13.8 Å². The van der Waals surface area contributed by atoms with E-state index in [0.29, 0.717) is 18.2 Å². The zero-order valence-corrected chi connectivity index (χ0v) is 10.6. The highest BCUT2D eigenvalue weighted by molar-refractivity contribution is 5.94. The fourth-order valence-electron chi connectivity index (χ4n) is 1.17. The lowest BCUT2D eigenvalue weighted by molar-refractivity contribution is -0.120. The number of carbonyl (C=O) groups is 2. The van der Waals surface area contributed by atoms with Crippen LogP contribution in [-0.4, -0.2) is 29.9 Å². The number of nitrogens with one attached hydrogen (secondary N) is 2. The first-order chi connectivity index (χ1) is 8.49. The molecule has 6 nitrogen and oxygen atoms in total. The van der Waals surface area contributed by atoms with E-state index >= 15 is 0 Å². The summed E-state index contributed by atoms with van der Waals surface area (Å²) in [6.45, 7) is 4.53. The molecular weight excluding hydrogens is 232 g/mol. The van der Waals surface area contributed by atoms with E-state index in [1.54, 1.807) is 6.07 Å². The van der Waals surface area contributed by atoms with Crippen LogP contribution in [0.25, 0.3) is 0 Å². The van der Waals surface area contributed by atoms with Crippen LogP contribution in [0.3, 0.4) is 0 Å². The Morgan fingerprint density at radius 2 is 2.06 bits per heavy atom. The topological polar surface area (TPSA) is 97.1 Å². The SMILES string of the molecule is CC(C)CNC(=O)CNC(=O)c1ccc(N)cn1. The molecule has 6 heteroatoms. The molecule has 0 radical (unpaired) electrons. The first kappa shape index (κ1) is 14.0. The molecule has 1 rings (SSSR count). The van der Waals surface area contributed by atoms with Crippen molar-refractivity contribution in [2.24, 2.45) is 5.92 Å². The third-order valence-electron chi connectivity index (χ3n) is 2.14. The zero-order valence-electron chi connectivity index (χ0n) is 10.6. The van der Waals surface area contributed by atoms with Crippen LogP contribution in [0.15, 0.2) is 18.3 Å². The van der Waals surface area contributed by atoms with Crippen LogP contribution in [0.4, 0.5) is 5.69 Å². The van der Waals surface area contributed by atoms with Gasteiger partial charge in [0.15, 0.2) is 0 Å². The molecule has 0 saturated heterocycles. The zero-order chi connectivity index (χ0) is 13.5. The Hall–Kier alpha value is -2.11. The van der Waals surface area contributed by atoms with Crippen LogP contribution >= 0.6 is 0 Å². The molecule has 1 aromatic rings. The molecule has 98 valence electrons. The molecule has 0 aromatic carbocycles. The maximum atomic E-state index is 11.6. The van der Waals surface area contributed by atoms with Crippen LogP contribution in [0, 0.1) is 5.92 Å². The van der Waals surface area contributed by atoms with Gasteiger partial charge in [0, 0.05) is 6.54 Å². The molecule has 0 atom stereocenters. The first-order valence-corrected chi connectivity index (χ1v) is 5.75. The fourth-order valence-corrected chi connectivity index (χ4v) is 1.17. The molecule has 1 heterocycles. The second kappa shape index (κ2) is 6.58. The van der Waals surface area contributed by atoms with Gasteiger partial charge in [0.1, 0.15) is 5.69 Å². The number of rotatable bonds is 5. The molecule has 2 amide bonds. The smallest absolute Gasteiger partial charge is 0.270 e. The van der Waals surface area contributed by atoms with Gasteiger partial charge < -0.3 is 16.4 Å². The lowest BCUT2D eigenvalue weighted by Crippen LogP contribution is -2.38. The van der Waals surface area contributed by atoms with Gasteiger partial charge in [-0.25, -0.2) is 4.98 Å². The van der Waals surface area contributed by atoms with Crippen molar-refractivity contribution < 1.29 is 9.59 Å². The molecule has 18 heavy (non-hydrogen) atoms. The molecule has 0 aliphatic carbocycles. The summed E-state index contributed by atoms with van der Waals surface area (Å²) >= 11 is 0. The van der Waals surface area contributed by atoms with Crippen LogP contribution in [-0.2, 0) is 4.79 Å². The Kier molecular flexibility index (Phi) is 5.10. The van der Waals surface area contributed by atoms with E-state index in [-0.39, 0.29) is 18.1 Å². The largest absolute Gasteiger partial charge is 0.397 e. The van der Waals surface area contributed by atoms with Gasteiger partial charge in [-0.05, 0) is 18.1 Å². The molecule has 0 saturated carbocycles. The second-order valence-electron chi connectivity index (χ2n) is 4.36. The second-order valence-corrected chi connectivity index (χ2v) is 4.36. The van der Waals surface area contributed by atoms with Crippen molar-refractivity contribution in [3.63, 3.8) is 0 Å². The van der Waals surface area contributed by atoms with Gasteiger partial charge in [0.05, 0.1) is 18.4 Å². The summed E-state index contributed by atoms with van der Waals surface area (Å²) in [5.74, 6) is -0.231. The Morgan fingerprint density at radius 3 is 2.61 bits per heavy atom. The molecule has 0 aliphatic heterocycles. The summed E-state index contributed by atoms with van der Waals surface area (Å²) in [5, 5.41) is 5.19. The van der Waals surface area contributed by atoms with Crippen LogP contribution in [0.5, 0.6) is 0 Å². The number of aromatic nitrogens is 1. The Labute approximate surface area is 106 Å². The minimum absolute atomic E-state index is 0.0579. The van der Waals surface area contributed by atoms with Crippen LogP contribution in [0.1, 0.15) is 24.3 Å². The Morgan fingerprint density at radius 1 is 1.33 bits per heavy atom. The summed E-state index contributed by atoms with van der Waals surface area (Å²) in [6.07, 6.45) is 1.40. The number of carbonyl (C=O) groups excluding carboxylic acids is 2. The number of anilines is 1. The maximum Gasteiger partial charge on any atom is 0.270 e. The predicted molar refractivity (Wildman–Crippen MR) is 68.8 cm³/mol. The van der Waals surface area contributed by atoms with Crippen LogP contribution in [0.2, 0.25) is 0 Å². The Bertz CT molecular complexity index is 415. The van der Waals surface area contributed by atoms with Gasteiger partial charge in [0.25, 0.3) is 5.91 Å². The average molecular weight is 250 g/mol. The van der Waals surface area contributed by atoms with Crippen molar-refractivity contribution in [3.05, 3.63) is 24.0 Å².